The monoisotopic (exact) mass is 697 g/mol. The standard InChI is InChI=1S/C52H31N3/c1-3-12-33(13-4-1)47-39-17-8-9-18-40(39)48(34-14-5-2-6-15-34)51-42-27-26-37(38-19-11-20-41(49(38)42)50(47)51)32-22-24-36(25-23-32)55-45-28-29-53-31-43(45)52-46(55)30-35-16-7-10-21-44(35)54-52/h1-31H. The summed E-state index contributed by atoms with van der Waals surface area (Å²) >= 11 is 0. The lowest BCUT2D eigenvalue weighted by molar-refractivity contribution is 1.17. The van der Waals surface area contributed by atoms with Gasteiger partial charge in [-0.15, -0.1) is 0 Å². The minimum absolute atomic E-state index is 0.968. The molecule has 3 heterocycles. The van der Waals surface area contributed by atoms with Crippen LogP contribution in [0.1, 0.15) is 0 Å². The molecule has 12 rings (SSSR count). The van der Waals surface area contributed by atoms with E-state index >= 15 is 0 Å². The molecule has 3 aromatic heterocycles. The lowest BCUT2D eigenvalue weighted by Crippen LogP contribution is -1.94. The number of nitrogens with zero attached hydrogens (tertiary/aromatic N) is 3. The van der Waals surface area contributed by atoms with E-state index in [-0.39, 0.29) is 0 Å². The maximum absolute atomic E-state index is 5.10. The maximum atomic E-state index is 5.10. The van der Waals surface area contributed by atoms with E-state index in [1.54, 1.807) is 0 Å². The van der Waals surface area contributed by atoms with Crippen molar-refractivity contribution >= 4 is 54.4 Å². The first-order valence-electron chi connectivity index (χ1n) is 18.8. The van der Waals surface area contributed by atoms with E-state index in [1.165, 1.54) is 77.2 Å². The van der Waals surface area contributed by atoms with Crippen molar-refractivity contribution in [1.82, 2.24) is 14.5 Å². The van der Waals surface area contributed by atoms with Gasteiger partial charge in [0.1, 0.15) is 0 Å². The lowest BCUT2D eigenvalue weighted by Gasteiger charge is -2.20. The summed E-state index contributed by atoms with van der Waals surface area (Å²) in [4.78, 5) is 9.57. The van der Waals surface area contributed by atoms with Crippen LogP contribution in [0.15, 0.2) is 188 Å². The van der Waals surface area contributed by atoms with Crippen LogP contribution in [0.5, 0.6) is 0 Å². The van der Waals surface area contributed by atoms with E-state index in [9.17, 15) is 0 Å². The Morgan fingerprint density at radius 1 is 0.400 bits per heavy atom. The first kappa shape index (κ1) is 30.1. The molecule has 0 spiro atoms. The molecule has 3 nitrogen and oxygen atoms in total. The predicted octanol–water partition coefficient (Wildman–Crippen LogP) is 13.7. The van der Waals surface area contributed by atoms with Crippen molar-refractivity contribution in [1.29, 1.82) is 0 Å². The summed E-state index contributed by atoms with van der Waals surface area (Å²) in [6, 6.07) is 64.1. The van der Waals surface area contributed by atoms with Gasteiger partial charge in [0, 0.05) is 28.9 Å². The van der Waals surface area contributed by atoms with Crippen molar-refractivity contribution < 1.29 is 0 Å². The highest BCUT2D eigenvalue weighted by atomic mass is 15.0. The predicted molar refractivity (Wildman–Crippen MR) is 230 cm³/mol. The van der Waals surface area contributed by atoms with Gasteiger partial charge in [0.25, 0.3) is 0 Å². The van der Waals surface area contributed by atoms with Crippen LogP contribution in [0.2, 0.25) is 0 Å². The van der Waals surface area contributed by atoms with Gasteiger partial charge in [-0.3, -0.25) is 4.98 Å². The zero-order chi connectivity index (χ0) is 36.0. The quantitative estimate of drug-likeness (QED) is 0.183. The van der Waals surface area contributed by atoms with Crippen molar-refractivity contribution in [2.75, 3.05) is 0 Å². The smallest absolute Gasteiger partial charge is 0.0986 e. The molecule has 0 saturated carbocycles. The van der Waals surface area contributed by atoms with Gasteiger partial charge < -0.3 is 4.57 Å². The fourth-order valence-corrected chi connectivity index (χ4v) is 9.30. The summed E-state index contributed by atoms with van der Waals surface area (Å²) < 4.78 is 2.32. The summed E-state index contributed by atoms with van der Waals surface area (Å²) in [7, 11) is 0. The van der Waals surface area contributed by atoms with Crippen LogP contribution in [-0.2, 0) is 0 Å². The molecule has 1 aliphatic carbocycles. The number of benzene rings is 8. The Labute approximate surface area is 317 Å². The second-order valence-electron chi connectivity index (χ2n) is 14.5. The van der Waals surface area contributed by atoms with Crippen LogP contribution >= 0.6 is 0 Å². The number of fused-ring (bicyclic) bond motifs is 8. The van der Waals surface area contributed by atoms with Crippen LogP contribution in [0.25, 0.3) is 116 Å². The maximum Gasteiger partial charge on any atom is 0.0986 e. The molecular formula is C52H31N3. The Kier molecular flexibility index (Phi) is 6.34. The number of pyridine rings is 2. The van der Waals surface area contributed by atoms with Crippen molar-refractivity contribution in [3.8, 4) is 61.3 Å². The van der Waals surface area contributed by atoms with Gasteiger partial charge in [-0.25, -0.2) is 4.98 Å². The van der Waals surface area contributed by atoms with Crippen molar-refractivity contribution in [3.05, 3.63) is 188 Å². The Morgan fingerprint density at radius 3 is 1.75 bits per heavy atom. The second-order valence-corrected chi connectivity index (χ2v) is 14.5. The van der Waals surface area contributed by atoms with Crippen LogP contribution in [0, 0.1) is 0 Å². The van der Waals surface area contributed by atoms with E-state index in [2.05, 4.69) is 179 Å². The number of hydrogen-bond acceptors (Lipinski definition) is 2. The molecule has 11 aromatic rings. The van der Waals surface area contributed by atoms with E-state index in [0.717, 1.165) is 38.5 Å². The number of hydrogen-bond donors (Lipinski definition) is 0. The molecule has 0 fully saturated rings. The average molecular weight is 698 g/mol. The number of rotatable bonds is 4. The zero-order valence-electron chi connectivity index (χ0n) is 29.7. The Morgan fingerprint density at radius 2 is 1.02 bits per heavy atom. The average Bonchev–Trinajstić information content (AvgIpc) is 3.76. The molecule has 1 aliphatic rings. The topological polar surface area (TPSA) is 30.7 Å². The third-order valence-electron chi connectivity index (χ3n) is 11.6. The molecule has 0 aliphatic heterocycles. The minimum Gasteiger partial charge on any atom is -0.307 e. The zero-order valence-corrected chi connectivity index (χ0v) is 29.7. The van der Waals surface area contributed by atoms with Gasteiger partial charge in [0.05, 0.1) is 22.1 Å². The SMILES string of the molecule is c1ccc(-c2c3c(c(-c4ccccc4)c4ccccc24)-c2ccc(-c4ccc(-n5c6ccncc6c6nc7ccccc7cc65)cc4)c4cccc-3c24)cc1. The first-order chi connectivity index (χ1) is 27.3. The fourth-order valence-electron chi connectivity index (χ4n) is 9.30. The summed E-state index contributed by atoms with van der Waals surface area (Å²) in [5.74, 6) is 0. The van der Waals surface area contributed by atoms with Crippen LogP contribution in [0.4, 0.5) is 0 Å². The molecule has 0 radical (unpaired) electrons. The van der Waals surface area contributed by atoms with Gasteiger partial charge in [-0.1, -0.05) is 146 Å². The largest absolute Gasteiger partial charge is 0.307 e. The lowest BCUT2D eigenvalue weighted by atomic mass is 9.82. The highest BCUT2D eigenvalue weighted by molar-refractivity contribution is 6.28. The van der Waals surface area contributed by atoms with E-state index in [4.69, 9.17) is 4.98 Å². The van der Waals surface area contributed by atoms with Crippen molar-refractivity contribution in [2.45, 2.75) is 0 Å². The van der Waals surface area contributed by atoms with E-state index in [1.807, 2.05) is 18.5 Å². The summed E-state index contributed by atoms with van der Waals surface area (Å²) in [5.41, 5.74) is 17.9. The molecule has 8 aromatic carbocycles. The second kappa shape index (κ2) is 11.6. The van der Waals surface area contributed by atoms with Crippen molar-refractivity contribution in [2.24, 2.45) is 0 Å². The molecule has 0 atom stereocenters. The van der Waals surface area contributed by atoms with Crippen molar-refractivity contribution in [3.63, 3.8) is 0 Å². The third-order valence-corrected chi connectivity index (χ3v) is 11.6. The fraction of sp³-hybridized carbons (Fsp3) is 0. The van der Waals surface area contributed by atoms with Gasteiger partial charge in [-0.2, -0.15) is 0 Å². The normalized spacial score (nSPS) is 12.0. The highest BCUT2D eigenvalue weighted by Crippen LogP contribution is 2.58. The molecule has 0 N–H and O–H groups in total. The number of para-hydroxylation sites is 1. The third kappa shape index (κ3) is 4.32. The molecule has 3 heteroatoms. The molecule has 0 saturated heterocycles. The molecule has 0 bridgehead atoms. The molecule has 0 amide bonds. The van der Waals surface area contributed by atoms with Gasteiger partial charge in [0.2, 0.25) is 0 Å². The Hall–Kier alpha value is -7.36. The highest BCUT2D eigenvalue weighted by Gasteiger charge is 2.31. The number of aromatic nitrogens is 3. The Balaban J connectivity index is 1.08. The van der Waals surface area contributed by atoms with Crippen LogP contribution < -0.4 is 0 Å². The van der Waals surface area contributed by atoms with Crippen LogP contribution in [0.3, 0.4) is 0 Å². The Bertz CT molecular complexity index is 3250. The minimum atomic E-state index is 0.968. The summed E-state index contributed by atoms with van der Waals surface area (Å²) in [5, 5.41) is 7.30. The van der Waals surface area contributed by atoms with Gasteiger partial charge in [0.15, 0.2) is 0 Å². The van der Waals surface area contributed by atoms with E-state index in [0.29, 0.717) is 0 Å². The molecule has 55 heavy (non-hydrogen) atoms. The summed E-state index contributed by atoms with van der Waals surface area (Å²) in [6.07, 6.45) is 3.80. The van der Waals surface area contributed by atoms with Gasteiger partial charge in [-0.05, 0) is 108 Å². The molecule has 0 unspecified atom stereocenters. The molecule has 254 valence electrons. The van der Waals surface area contributed by atoms with Crippen LogP contribution in [-0.4, -0.2) is 14.5 Å². The van der Waals surface area contributed by atoms with E-state index < -0.39 is 0 Å². The van der Waals surface area contributed by atoms with Gasteiger partial charge >= 0.3 is 0 Å². The summed E-state index contributed by atoms with van der Waals surface area (Å²) in [6.45, 7) is 0. The molecular weight excluding hydrogens is 667 g/mol. The first-order valence-corrected chi connectivity index (χ1v) is 18.8.